The maximum absolute atomic E-state index is 2.60. The van der Waals surface area contributed by atoms with Crippen molar-refractivity contribution in [2.45, 2.75) is 105 Å². The first-order valence-electron chi connectivity index (χ1n) is 19.9. The normalized spacial score (nSPS) is 14.4. The number of hydrogen-bond acceptors (Lipinski definition) is 4. The quantitative estimate of drug-likeness (QED) is 0.162. The van der Waals surface area contributed by atoms with Gasteiger partial charge in [-0.1, -0.05) is 138 Å². The van der Waals surface area contributed by atoms with Crippen molar-refractivity contribution in [3.63, 3.8) is 0 Å². The standard InChI is InChI=1S/C50H53BN2S2/c1-47(2,3)30-26-34-41-45(54-43(34)36(28-30)49(7,8)9)51-40-38(52(41)32-20-15-13-16-21-32)24-19-25-39(40)53(33-22-17-14-18-23-33)42-35-27-31(48(4,5)6)29-37(50(10,11)12)44(35)55-46(42)51/h13-29H,1-12H3. The minimum absolute atomic E-state index is 0.00805. The highest BCUT2D eigenvalue weighted by Crippen LogP contribution is 2.53. The number of anilines is 6. The third-order valence-corrected chi connectivity index (χ3v) is 14.3. The second kappa shape index (κ2) is 12.1. The van der Waals surface area contributed by atoms with Crippen LogP contribution in [-0.4, -0.2) is 6.71 Å². The maximum atomic E-state index is 2.60. The van der Waals surface area contributed by atoms with Gasteiger partial charge in [0.1, 0.15) is 0 Å². The van der Waals surface area contributed by atoms with E-state index in [0.717, 1.165) is 0 Å². The summed E-state index contributed by atoms with van der Waals surface area (Å²) in [5.74, 6) is 0. The minimum Gasteiger partial charge on any atom is -0.310 e. The molecule has 0 saturated heterocycles. The predicted molar refractivity (Wildman–Crippen MR) is 246 cm³/mol. The van der Waals surface area contributed by atoms with Gasteiger partial charge in [-0.25, -0.2) is 0 Å². The number of rotatable bonds is 2. The number of thiophene rings is 2. The topological polar surface area (TPSA) is 6.48 Å². The monoisotopic (exact) mass is 756 g/mol. The van der Waals surface area contributed by atoms with Gasteiger partial charge in [-0.05, 0) is 97.9 Å². The van der Waals surface area contributed by atoms with Crippen LogP contribution in [0, 0.1) is 0 Å². The van der Waals surface area contributed by atoms with Crippen molar-refractivity contribution in [1.82, 2.24) is 0 Å². The first-order valence-corrected chi connectivity index (χ1v) is 21.5. The second-order valence-corrected chi connectivity index (χ2v) is 22.0. The Morgan fingerprint density at radius 3 is 1.16 bits per heavy atom. The average molecular weight is 757 g/mol. The molecular formula is C50H53BN2S2. The van der Waals surface area contributed by atoms with E-state index >= 15 is 0 Å². The zero-order valence-corrected chi connectivity index (χ0v) is 36.2. The lowest BCUT2D eigenvalue weighted by Gasteiger charge is -2.42. The number of fused-ring (bicyclic) bond motifs is 8. The Hall–Kier alpha value is -4.32. The fourth-order valence-corrected chi connectivity index (χ4v) is 12.1. The van der Waals surface area contributed by atoms with Crippen molar-refractivity contribution >= 4 is 98.7 Å². The van der Waals surface area contributed by atoms with Crippen LogP contribution in [0.4, 0.5) is 34.1 Å². The van der Waals surface area contributed by atoms with Crippen LogP contribution >= 0.6 is 22.7 Å². The maximum Gasteiger partial charge on any atom is 0.277 e. The van der Waals surface area contributed by atoms with E-state index in [2.05, 4.69) is 196 Å². The molecule has 7 aromatic rings. The molecule has 278 valence electrons. The summed E-state index contributed by atoms with van der Waals surface area (Å²) in [5.41, 5.74) is 14.7. The average Bonchev–Trinajstić information content (AvgIpc) is 3.69. The van der Waals surface area contributed by atoms with Crippen LogP contribution in [0.5, 0.6) is 0 Å². The van der Waals surface area contributed by atoms with Crippen LogP contribution in [0.2, 0.25) is 0 Å². The zero-order chi connectivity index (χ0) is 39.0. The van der Waals surface area contributed by atoms with E-state index in [0.29, 0.717) is 0 Å². The van der Waals surface area contributed by atoms with E-state index < -0.39 is 0 Å². The van der Waals surface area contributed by atoms with Crippen molar-refractivity contribution < 1.29 is 0 Å². The van der Waals surface area contributed by atoms with Gasteiger partial charge >= 0.3 is 0 Å². The van der Waals surface area contributed by atoms with Gasteiger partial charge in [0, 0.05) is 52.5 Å². The Labute approximate surface area is 336 Å². The van der Waals surface area contributed by atoms with Crippen molar-refractivity contribution in [2.75, 3.05) is 9.80 Å². The van der Waals surface area contributed by atoms with E-state index in [1.807, 2.05) is 22.7 Å². The molecule has 0 atom stereocenters. The van der Waals surface area contributed by atoms with Gasteiger partial charge in [0.05, 0.1) is 11.4 Å². The third-order valence-electron chi connectivity index (χ3n) is 11.8. The molecule has 0 amide bonds. The van der Waals surface area contributed by atoms with Crippen LogP contribution in [-0.2, 0) is 21.7 Å². The molecule has 0 radical (unpaired) electrons. The smallest absolute Gasteiger partial charge is 0.277 e. The molecule has 55 heavy (non-hydrogen) atoms. The van der Waals surface area contributed by atoms with Gasteiger partial charge < -0.3 is 9.80 Å². The predicted octanol–water partition coefficient (Wildman–Crippen LogP) is 13.4. The van der Waals surface area contributed by atoms with Crippen LogP contribution in [0.15, 0.2) is 103 Å². The SMILES string of the molecule is CC(C)(C)c1cc(C(C)(C)C)c2sc3c(c2c1)N(c1ccccc1)c1cccc2c1B3c1sc3c(C(C)(C)C)cc(C(C)(C)C)cc3c1N2c1ccccc1. The highest BCUT2D eigenvalue weighted by atomic mass is 32.1. The van der Waals surface area contributed by atoms with E-state index in [-0.39, 0.29) is 28.4 Å². The fraction of sp³-hybridized carbons (Fsp3) is 0.320. The number of hydrogen-bond donors (Lipinski definition) is 0. The molecule has 4 heterocycles. The molecular weight excluding hydrogens is 704 g/mol. The number of benzene rings is 5. The Kier molecular flexibility index (Phi) is 7.99. The number of nitrogens with zero attached hydrogens (tertiary/aromatic N) is 2. The van der Waals surface area contributed by atoms with Crippen LogP contribution in [0.3, 0.4) is 0 Å². The Bertz CT molecular complexity index is 2460. The molecule has 0 unspecified atom stereocenters. The molecule has 0 bridgehead atoms. The van der Waals surface area contributed by atoms with Gasteiger partial charge in [-0.15, -0.1) is 22.7 Å². The lowest BCUT2D eigenvalue weighted by atomic mass is 9.39. The Morgan fingerprint density at radius 2 is 0.818 bits per heavy atom. The summed E-state index contributed by atoms with van der Waals surface area (Å²) < 4.78 is 5.73. The summed E-state index contributed by atoms with van der Waals surface area (Å²) in [5, 5.41) is 2.74. The summed E-state index contributed by atoms with van der Waals surface area (Å²) in [6, 6.07) is 39.3. The van der Waals surface area contributed by atoms with Crippen LogP contribution in [0.25, 0.3) is 20.2 Å². The highest BCUT2D eigenvalue weighted by molar-refractivity contribution is 7.41. The minimum atomic E-state index is -0.0209. The molecule has 2 nitrogen and oxygen atoms in total. The summed E-state index contributed by atoms with van der Waals surface area (Å²) in [7, 11) is 0. The molecule has 2 aromatic heterocycles. The van der Waals surface area contributed by atoms with Gasteiger partial charge in [0.25, 0.3) is 6.71 Å². The lowest BCUT2D eigenvalue weighted by Crippen LogP contribution is -2.59. The zero-order valence-electron chi connectivity index (χ0n) is 34.6. The Balaban J connectivity index is 1.48. The summed E-state index contributed by atoms with van der Waals surface area (Å²) in [6.45, 7) is 28.6. The lowest BCUT2D eigenvalue weighted by molar-refractivity contribution is 0.573. The van der Waals surface area contributed by atoms with Gasteiger partial charge in [-0.2, -0.15) is 0 Å². The third kappa shape index (κ3) is 5.63. The molecule has 0 spiro atoms. The van der Waals surface area contributed by atoms with Gasteiger partial charge in [-0.3, -0.25) is 0 Å². The molecule has 5 aromatic carbocycles. The molecule has 0 saturated carbocycles. The molecule has 0 aliphatic carbocycles. The fourth-order valence-electron chi connectivity index (χ4n) is 8.78. The van der Waals surface area contributed by atoms with E-state index in [4.69, 9.17) is 0 Å². The Morgan fingerprint density at radius 1 is 0.436 bits per heavy atom. The highest BCUT2D eigenvalue weighted by Gasteiger charge is 2.47. The van der Waals surface area contributed by atoms with Gasteiger partial charge in [0.15, 0.2) is 0 Å². The second-order valence-electron chi connectivity index (χ2n) is 19.9. The molecule has 5 heteroatoms. The number of para-hydroxylation sites is 2. The molecule has 2 aliphatic rings. The summed E-state index contributed by atoms with van der Waals surface area (Å²) in [6.07, 6.45) is 0. The van der Waals surface area contributed by atoms with Crippen molar-refractivity contribution in [2.24, 2.45) is 0 Å². The van der Waals surface area contributed by atoms with Crippen molar-refractivity contribution in [1.29, 1.82) is 0 Å². The first kappa shape index (κ1) is 36.3. The van der Waals surface area contributed by atoms with E-state index in [1.54, 1.807) is 0 Å². The molecule has 0 fully saturated rings. The van der Waals surface area contributed by atoms with Gasteiger partial charge in [0.2, 0.25) is 0 Å². The molecule has 9 rings (SSSR count). The summed E-state index contributed by atoms with van der Waals surface area (Å²) >= 11 is 4.09. The molecule has 0 N–H and O–H groups in total. The summed E-state index contributed by atoms with van der Waals surface area (Å²) in [4.78, 5) is 5.20. The van der Waals surface area contributed by atoms with E-state index in [9.17, 15) is 0 Å². The van der Waals surface area contributed by atoms with Crippen LogP contribution in [0.1, 0.15) is 105 Å². The van der Waals surface area contributed by atoms with Crippen molar-refractivity contribution in [3.8, 4) is 0 Å². The van der Waals surface area contributed by atoms with Crippen LogP contribution < -0.4 is 24.8 Å². The molecule has 2 aliphatic heterocycles. The largest absolute Gasteiger partial charge is 0.310 e. The van der Waals surface area contributed by atoms with Crippen molar-refractivity contribution in [3.05, 3.63) is 125 Å². The van der Waals surface area contributed by atoms with E-state index in [1.165, 1.54) is 91.6 Å². The first-order chi connectivity index (χ1) is 25.8.